The molecule has 2 aromatic rings. The summed E-state index contributed by atoms with van der Waals surface area (Å²) in [6.45, 7) is 4.12. The summed E-state index contributed by atoms with van der Waals surface area (Å²) in [5.74, 6) is 2.19. The molecule has 0 aliphatic carbocycles. The Labute approximate surface area is 171 Å². The highest BCUT2D eigenvalue weighted by Crippen LogP contribution is 2.40. The number of methoxy groups -OCH3 is 4. The molecule has 0 atom stereocenters. The second-order valence-electron chi connectivity index (χ2n) is 6.95. The second-order valence-corrected chi connectivity index (χ2v) is 6.95. The minimum absolute atomic E-state index is 0.0497. The molecule has 29 heavy (non-hydrogen) atoms. The van der Waals surface area contributed by atoms with E-state index >= 15 is 0 Å². The first-order valence-corrected chi connectivity index (χ1v) is 9.66. The number of hydrogen-bond acceptors (Lipinski definition) is 5. The van der Waals surface area contributed by atoms with Gasteiger partial charge in [-0.2, -0.15) is 0 Å². The molecule has 0 bridgehead atoms. The van der Waals surface area contributed by atoms with Crippen LogP contribution in [-0.4, -0.2) is 65.4 Å². The van der Waals surface area contributed by atoms with Gasteiger partial charge in [-0.3, -0.25) is 4.79 Å². The lowest BCUT2D eigenvalue weighted by Gasteiger charge is -2.32. The Morgan fingerprint density at radius 3 is 2.07 bits per heavy atom. The van der Waals surface area contributed by atoms with Gasteiger partial charge in [0.1, 0.15) is 12.3 Å². The van der Waals surface area contributed by atoms with Crippen LogP contribution in [0.15, 0.2) is 36.4 Å². The van der Waals surface area contributed by atoms with Crippen LogP contribution in [0.3, 0.4) is 0 Å². The number of carbonyl (C=O) groups is 1. The maximum Gasteiger partial charge on any atom is 0.258 e. The molecule has 1 N–H and O–H groups in total. The van der Waals surface area contributed by atoms with Gasteiger partial charge in [-0.15, -0.1) is 0 Å². The van der Waals surface area contributed by atoms with Crippen molar-refractivity contribution in [3.8, 4) is 23.0 Å². The van der Waals surface area contributed by atoms with Crippen LogP contribution in [0.2, 0.25) is 0 Å². The Balaban J connectivity index is 1.65. The number of carbonyl (C=O) groups excluding carboxylic acids is 1. The van der Waals surface area contributed by atoms with Gasteiger partial charge in [0.05, 0.1) is 60.2 Å². The van der Waals surface area contributed by atoms with Crippen LogP contribution < -0.4 is 23.8 Å². The molecule has 0 unspecified atom stereocenters. The Bertz CT molecular complexity index is 830. The van der Waals surface area contributed by atoms with Crippen molar-refractivity contribution in [2.24, 2.45) is 0 Å². The molecule has 0 radical (unpaired) electrons. The number of piperazine rings is 1. The van der Waals surface area contributed by atoms with Crippen LogP contribution in [0, 0.1) is 0 Å². The van der Waals surface area contributed by atoms with Crippen LogP contribution in [0.5, 0.6) is 23.0 Å². The maximum atomic E-state index is 13.1. The summed E-state index contributed by atoms with van der Waals surface area (Å²) in [5.41, 5.74) is 1.76. The Morgan fingerprint density at radius 1 is 0.862 bits per heavy atom. The number of hydrogen-bond donors (Lipinski definition) is 1. The SMILES string of the molecule is COc1ccc(C[NH+]2CCN(C(=O)c3ccc(OC)c(OC)c3OC)CC2)cc1. The van der Waals surface area contributed by atoms with Crippen molar-refractivity contribution in [1.82, 2.24) is 4.90 Å². The summed E-state index contributed by atoms with van der Waals surface area (Å²) in [6.07, 6.45) is 0. The molecule has 0 spiro atoms. The van der Waals surface area contributed by atoms with Gasteiger partial charge in [-0.1, -0.05) is 0 Å². The molecule has 1 aliphatic rings. The summed E-state index contributed by atoms with van der Waals surface area (Å²) < 4.78 is 21.4. The lowest BCUT2D eigenvalue weighted by Crippen LogP contribution is -3.13. The monoisotopic (exact) mass is 401 g/mol. The van der Waals surface area contributed by atoms with E-state index in [0.29, 0.717) is 35.9 Å². The molecule has 7 heteroatoms. The first-order chi connectivity index (χ1) is 14.1. The molecular formula is C22H29N2O5+. The largest absolute Gasteiger partial charge is 0.497 e. The Kier molecular flexibility index (Phi) is 6.82. The number of benzene rings is 2. The molecule has 0 saturated carbocycles. The predicted octanol–water partition coefficient (Wildman–Crippen LogP) is 1.26. The fourth-order valence-corrected chi connectivity index (χ4v) is 3.67. The third kappa shape index (κ3) is 4.56. The maximum absolute atomic E-state index is 13.1. The van der Waals surface area contributed by atoms with E-state index in [1.54, 1.807) is 26.4 Å². The minimum Gasteiger partial charge on any atom is -0.497 e. The topological polar surface area (TPSA) is 61.7 Å². The third-order valence-corrected chi connectivity index (χ3v) is 5.31. The summed E-state index contributed by atoms with van der Waals surface area (Å²) in [7, 11) is 6.30. The summed E-state index contributed by atoms with van der Waals surface area (Å²) >= 11 is 0. The number of quaternary nitrogens is 1. The van der Waals surface area contributed by atoms with E-state index in [2.05, 4.69) is 12.1 Å². The zero-order chi connectivity index (χ0) is 20.8. The third-order valence-electron chi connectivity index (χ3n) is 5.31. The predicted molar refractivity (Wildman–Crippen MR) is 109 cm³/mol. The van der Waals surface area contributed by atoms with E-state index in [4.69, 9.17) is 18.9 Å². The van der Waals surface area contributed by atoms with E-state index in [1.165, 1.54) is 24.7 Å². The average molecular weight is 401 g/mol. The van der Waals surface area contributed by atoms with Crippen molar-refractivity contribution in [2.45, 2.75) is 6.54 Å². The van der Waals surface area contributed by atoms with Crippen LogP contribution in [-0.2, 0) is 6.54 Å². The van der Waals surface area contributed by atoms with E-state index < -0.39 is 0 Å². The van der Waals surface area contributed by atoms with Gasteiger partial charge in [0.25, 0.3) is 5.91 Å². The second kappa shape index (κ2) is 9.52. The molecule has 3 rings (SSSR count). The van der Waals surface area contributed by atoms with Gasteiger partial charge in [0, 0.05) is 5.56 Å². The van der Waals surface area contributed by atoms with Crippen LogP contribution in [0.4, 0.5) is 0 Å². The number of nitrogens with one attached hydrogen (secondary N) is 1. The smallest absolute Gasteiger partial charge is 0.258 e. The number of ether oxygens (including phenoxy) is 4. The highest BCUT2D eigenvalue weighted by Gasteiger charge is 2.28. The van der Waals surface area contributed by atoms with E-state index in [0.717, 1.165) is 25.4 Å². The fourth-order valence-electron chi connectivity index (χ4n) is 3.67. The van der Waals surface area contributed by atoms with Gasteiger partial charge in [-0.05, 0) is 36.4 Å². The molecule has 1 fully saturated rings. The van der Waals surface area contributed by atoms with Crippen LogP contribution in [0.25, 0.3) is 0 Å². The lowest BCUT2D eigenvalue weighted by molar-refractivity contribution is -0.917. The summed E-state index contributed by atoms with van der Waals surface area (Å²) in [5, 5.41) is 0. The molecule has 156 valence electrons. The number of rotatable bonds is 7. The average Bonchev–Trinajstić information content (AvgIpc) is 2.78. The molecule has 1 saturated heterocycles. The van der Waals surface area contributed by atoms with Crippen molar-refractivity contribution in [3.63, 3.8) is 0 Å². The van der Waals surface area contributed by atoms with Crippen molar-refractivity contribution in [1.29, 1.82) is 0 Å². The van der Waals surface area contributed by atoms with E-state index in [-0.39, 0.29) is 5.91 Å². The zero-order valence-electron chi connectivity index (χ0n) is 17.5. The molecule has 2 aromatic carbocycles. The highest BCUT2D eigenvalue weighted by atomic mass is 16.5. The molecular weight excluding hydrogens is 372 g/mol. The first-order valence-electron chi connectivity index (χ1n) is 9.66. The van der Waals surface area contributed by atoms with Gasteiger partial charge in [0.15, 0.2) is 11.5 Å². The Morgan fingerprint density at radius 2 is 1.52 bits per heavy atom. The Hall–Kier alpha value is -2.93. The normalized spacial score (nSPS) is 14.4. The van der Waals surface area contributed by atoms with Crippen LogP contribution in [0.1, 0.15) is 15.9 Å². The van der Waals surface area contributed by atoms with Gasteiger partial charge in [0.2, 0.25) is 5.75 Å². The van der Waals surface area contributed by atoms with Crippen molar-refractivity contribution in [3.05, 3.63) is 47.5 Å². The molecule has 0 aromatic heterocycles. The van der Waals surface area contributed by atoms with Crippen molar-refractivity contribution in [2.75, 3.05) is 54.6 Å². The lowest BCUT2D eigenvalue weighted by atomic mass is 10.1. The summed E-state index contributed by atoms with van der Waals surface area (Å²) in [6, 6.07) is 11.6. The zero-order valence-corrected chi connectivity index (χ0v) is 17.5. The van der Waals surface area contributed by atoms with E-state index in [9.17, 15) is 4.79 Å². The standard InChI is InChI=1S/C22H28N2O5/c1-26-17-7-5-16(6-8-17)15-23-11-13-24(14-12-23)22(25)18-9-10-19(27-2)21(29-4)20(18)28-3/h5-10H,11-15H2,1-4H3/p+1. The number of nitrogens with zero attached hydrogens (tertiary/aromatic N) is 1. The van der Waals surface area contributed by atoms with Crippen LogP contribution >= 0.6 is 0 Å². The fraction of sp³-hybridized carbons (Fsp3) is 0.409. The van der Waals surface area contributed by atoms with Gasteiger partial charge < -0.3 is 28.7 Å². The van der Waals surface area contributed by atoms with E-state index in [1.807, 2.05) is 17.0 Å². The molecule has 1 amide bonds. The highest BCUT2D eigenvalue weighted by molar-refractivity contribution is 5.98. The molecule has 1 aliphatic heterocycles. The molecule has 1 heterocycles. The quantitative estimate of drug-likeness (QED) is 0.757. The summed E-state index contributed by atoms with van der Waals surface area (Å²) in [4.78, 5) is 16.4. The minimum atomic E-state index is -0.0497. The van der Waals surface area contributed by atoms with Gasteiger partial charge >= 0.3 is 0 Å². The van der Waals surface area contributed by atoms with Crippen molar-refractivity contribution < 1.29 is 28.6 Å². The number of amides is 1. The first kappa shape index (κ1) is 20.8. The molecule has 7 nitrogen and oxygen atoms in total. The van der Waals surface area contributed by atoms with Crippen molar-refractivity contribution >= 4 is 5.91 Å². The van der Waals surface area contributed by atoms with Gasteiger partial charge in [-0.25, -0.2) is 0 Å².